The van der Waals surface area contributed by atoms with E-state index in [-0.39, 0.29) is 16.8 Å². The SMILES string of the molecule is C=C(Cn1cc(C(=O)c2ccc(CC)cc2)c(=O)c2ccccc21)Nc1ccc(OC)c(OC)c1. The van der Waals surface area contributed by atoms with Gasteiger partial charge in [-0.25, -0.2) is 0 Å². The summed E-state index contributed by atoms with van der Waals surface area (Å²) in [6.07, 6.45) is 2.51. The number of anilines is 1. The molecule has 0 radical (unpaired) electrons. The van der Waals surface area contributed by atoms with Crippen molar-refractivity contribution < 1.29 is 14.3 Å². The van der Waals surface area contributed by atoms with Crippen LogP contribution in [0.3, 0.4) is 0 Å². The van der Waals surface area contributed by atoms with E-state index in [9.17, 15) is 9.59 Å². The van der Waals surface area contributed by atoms with Gasteiger partial charge in [0.15, 0.2) is 17.3 Å². The van der Waals surface area contributed by atoms with Crippen molar-refractivity contribution in [3.8, 4) is 11.5 Å². The quantitative estimate of drug-likeness (QED) is 0.331. The maximum atomic E-state index is 13.3. The molecule has 0 atom stereocenters. The zero-order valence-electron chi connectivity index (χ0n) is 20.1. The number of rotatable bonds is 9. The predicted octanol–water partition coefficient (Wildman–Crippen LogP) is 5.44. The van der Waals surface area contributed by atoms with E-state index in [0.29, 0.717) is 34.7 Å². The summed E-state index contributed by atoms with van der Waals surface area (Å²) in [5.74, 6) is 0.932. The van der Waals surface area contributed by atoms with Crippen molar-refractivity contribution in [3.05, 3.63) is 112 Å². The number of methoxy groups -OCH3 is 2. The number of allylic oxidation sites excluding steroid dienone is 1. The van der Waals surface area contributed by atoms with E-state index in [1.807, 2.05) is 47.0 Å². The fraction of sp³-hybridized carbons (Fsp3) is 0.172. The van der Waals surface area contributed by atoms with Gasteiger partial charge < -0.3 is 19.4 Å². The molecule has 0 spiro atoms. The molecule has 0 saturated carbocycles. The normalized spacial score (nSPS) is 10.7. The smallest absolute Gasteiger partial charge is 0.200 e. The molecular formula is C29H28N2O4. The van der Waals surface area contributed by atoms with Gasteiger partial charge in [0.05, 0.1) is 31.8 Å². The Morgan fingerprint density at radius 3 is 2.37 bits per heavy atom. The summed E-state index contributed by atoms with van der Waals surface area (Å²) < 4.78 is 12.5. The molecule has 1 N–H and O–H groups in total. The van der Waals surface area contributed by atoms with Crippen LogP contribution in [0.4, 0.5) is 5.69 Å². The Morgan fingerprint density at radius 1 is 0.971 bits per heavy atom. The Bertz CT molecular complexity index is 1450. The number of ketones is 1. The molecule has 6 heteroatoms. The van der Waals surface area contributed by atoms with Crippen LogP contribution in [0.1, 0.15) is 28.4 Å². The van der Waals surface area contributed by atoms with Gasteiger partial charge in [-0.15, -0.1) is 0 Å². The van der Waals surface area contributed by atoms with Crippen LogP contribution < -0.4 is 20.2 Å². The van der Waals surface area contributed by atoms with Gasteiger partial charge in [0.25, 0.3) is 0 Å². The first-order valence-corrected chi connectivity index (χ1v) is 11.4. The first kappa shape index (κ1) is 23.8. The lowest BCUT2D eigenvalue weighted by atomic mass is 10.0. The molecule has 0 aliphatic heterocycles. The number of hydrogen-bond acceptors (Lipinski definition) is 5. The molecular weight excluding hydrogens is 440 g/mol. The second-order valence-electron chi connectivity index (χ2n) is 8.19. The Kier molecular flexibility index (Phi) is 7.01. The highest BCUT2D eigenvalue weighted by Crippen LogP contribution is 2.30. The lowest BCUT2D eigenvalue weighted by Crippen LogP contribution is -2.21. The third kappa shape index (κ3) is 4.96. The maximum Gasteiger partial charge on any atom is 0.200 e. The number of aryl methyl sites for hydroxylation is 1. The van der Waals surface area contributed by atoms with Gasteiger partial charge in [-0.3, -0.25) is 9.59 Å². The zero-order valence-corrected chi connectivity index (χ0v) is 20.1. The summed E-state index contributed by atoms with van der Waals surface area (Å²) in [7, 11) is 3.17. The van der Waals surface area contributed by atoms with Gasteiger partial charge >= 0.3 is 0 Å². The molecule has 0 amide bonds. The summed E-state index contributed by atoms with van der Waals surface area (Å²) in [5.41, 5.74) is 3.66. The second kappa shape index (κ2) is 10.3. The molecule has 4 rings (SSSR count). The molecule has 6 nitrogen and oxygen atoms in total. The summed E-state index contributed by atoms with van der Waals surface area (Å²) in [4.78, 5) is 26.5. The van der Waals surface area contributed by atoms with E-state index in [0.717, 1.165) is 23.2 Å². The third-order valence-corrected chi connectivity index (χ3v) is 5.92. The molecule has 178 valence electrons. The number of nitrogens with zero attached hydrogens (tertiary/aromatic N) is 1. The molecule has 0 bridgehead atoms. The topological polar surface area (TPSA) is 69.6 Å². The van der Waals surface area contributed by atoms with Gasteiger partial charge in [0.2, 0.25) is 5.43 Å². The van der Waals surface area contributed by atoms with Crippen molar-refractivity contribution in [2.24, 2.45) is 0 Å². The number of carbonyl (C=O) groups excluding carboxylic acids is 1. The predicted molar refractivity (Wildman–Crippen MR) is 140 cm³/mol. The highest BCUT2D eigenvalue weighted by atomic mass is 16.5. The summed E-state index contributed by atoms with van der Waals surface area (Å²) in [5, 5.41) is 3.76. The highest BCUT2D eigenvalue weighted by molar-refractivity contribution is 6.10. The van der Waals surface area contributed by atoms with Crippen molar-refractivity contribution in [2.45, 2.75) is 19.9 Å². The van der Waals surface area contributed by atoms with Crippen LogP contribution in [-0.4, -0.2) is 24.6 Å². The maximum absolute atomic E-state index is 13.3. The Hall–Kier alpha value is -4.32. The minimum Gasteiger partial charge on any atom is -0.493 e. The van der Waals surface area contributed by atoms with Crippen molar-refractivity contribution in [1.29, 1.82) is 0 Å². The van der Waals surface area contributed by atoms with Crippen LogP contribution in [0.25, 0.3) is 10.9 Å². The summed E-state index contributed by atoms with van der Waals surface area (Å²) in [6.45, 7) is 6.57. The van der Waals surface area contributed by atoms with Gasteiger partial charge in [0, 0.05) is 34.6 Å². The Balaban J connectivity index is 1.68. The molecule has 0 saturated heterocycles. The number of carbonyl (C=O) groups is 1. The van der Waals surface area contributed by atoms with E-state index in [2.05, 4.69) is 18.8 Å². The molecule has 3 aromatic carbocycles. The Labute approximate surface area is 204 Å². The number of hydrogen-bond donors (Lipinski definition) is 1. The first-order chi connectivity index (χ1) is 16.9. The monoisotopic (exact) mass is 468 g/mol. The van der Waals surface area contributed by atoms with E-state index in [1.165, 1.54) is 0 Å². The fourth-order valence-corrected chi connectivity index (χ4v) is 4.05. The molecule has 35 heavy (non-hydrogen) atoms. The Morgan fingerprint density at radius 2 is 1.69 bits per heavy atom. The molecule has 1 aromatic heterocycles. The standard InChI is InChI=1S/C29H28N2O4/c1-5-20-10-12-21(13-11-20)28(32)24-18-31(25-9-7-6-8-23(25)29(24)33)17-19(2)30-22-14-15-26(34-3)27(16-22)35-4/h6-16,18,30H,2,5,17H2,1,3-4H3. The number of aromatic nitrogens is 1. The van der Waals surface area contributed by atoms with Crippen LogP contribution in [-0.2, 0) is 13.0 Å². The van der Waals surface area contributed by atoms with Gasteiger partial charge in [0.1, 0.15) is 0 Å². The molecule has 0 aliphatic rings. The van der Waals surface area contributed by atoms with Gasteiger partial charge in [-0.05, 0) is 36.2 Å². The third-order valence-electron chi connectivity index (χ3n) is 5.92. The average molecular weight is 469 g/mol. The van der Waals surface area contributed by atoms with Crippen LogP contribution in [0, 0.1) is 0 Å². The van der Waals surface area contributed by atoms with E-state index >= 15 is 0 Å². The molecule has 0 aliphatic carbocycles. The lowest BCUT2D eigenvalue weighted by Gasteiger charge is -2.17. The minimum atomic E-state index is -0.296. The van der Waals surface area contributed by atoms with Crippen molar-refractivity contribution in [1.82, 2.24) is 4.57 Å². The van der Waals surface area contributed by atoms with E-state index < -0.39 is 0 Å². The van der Waals surface area contributed by atoms with Crippen LogP contribution in [0.5, 0.6) is 11.5 Å². The second-order valence-corrected chi connectivity index (χ2v) is 8.19. The highest BCUT2D eigenvalue weighted by Gasteiger charge is 2.17. The fourth-order valence-electron chi connectivity index (χ4n) is 4.05. The number of benzene rings is 3. The minimum absolute atomic E-state index is 0.131. The van der Waals surface area contributed by atoms with Crippen LogP contribution >= 0.6 is 0 Å². The van der Waals surface area contributed by atoms with Crippen molar-refractivity contribution in [3.63, 3.8) is 0 Å². The number of nitrogens with one attached hydrogen (secondary N) is 1. The lowest BCUT2D eigenvalue weighted by molar-refractivity contribution is 0.103. The molecule has 1 heterocycles. The van der Waals surface area contributed by atoms with Crippen LogP contribution in [0.15, 0.2) is 90.0 Å². The van der Waals surface area contributed by atoms with Gasteiger partial charge in [-0.1, -0.05) is 49.9 Å². The van der Waals surface area contributed by atoms with Gasteiger partial charge in [-0.2, -0.15) is 0 Å². The average Bonchev–Trinajstić information content (AvgIpc) is 2.89. The number of pyridine rings is 1. The largest absolute Gasteiger partial charge is 0.493 e. The summed E-state index contributed by atoms with van der Waals surface area (Å²) >= 11 is 0. The molecule has 0 unspecified atom stereocenters. The first-order valence-electron chi connectivity index (χ1n) is 11.4. The molecule has 4 aromatic rings. The van der Waals surface area contributed by atoms with Crippen LogP contribution in [0.2, 0.25) is 0 Å². The van der Waals surface area contributed by atoms with Crippen molar-refractivity contribution >= 4 is 22.4 Å². The molecule has 0 fully saturated rings. The van der Waals surface area contributed by atoms with Crippen molar-refractivity contribution in [2.75, 3.05) is 19.5 Å². The number of fused-ring (bicyclic) bond motifs is 1. The number of para-hydroxylation sites is 1. The van der Waals surface area contributed by atoms with E-state index in [1.54, 1.807) is 44.7 Å². The van der Waals surface area contributed by atoms with E-state index in [4.69, 9.17) is 9.47 Å². The summed E-state index contributed by atoms with van der Waals surface area (Å²) in [6, 6.07) is 20.2. The number of ether oxygens (including phenoxy) is 2. The zero-order chi connectivity index (χ0) is 24.9.